The Balaban J connectivity index is 1.27. The summed E-state index contributed by atoms with van der Waals surface area (Å²) in [4.78, 5) is 27.9. The summed E-state index contributed by atoms with van der Waals surface area (Å²) in [5.74, 6) is 1.44. The molecule has 2 aliphatic rings. The number of aromatic nitrogens is 1. The van der Waals surface area contributed by atoms with E-state index in [-0.39, 0.29) is 24.3 Å². The zero-order chi connectivity index (χ0) is 23.7. The van der Waals surface area contributed by atoms with Gasteiger partial charge in [0.1, 0.15) is 6.04 Å². The van der Waals surface area contributed by atoms with E-state index in [1.807, 2.05) is 50.2 Å². The number of carbonyl (C=O) groups excluding carboxylic acids is 2. The van der Waals surface area contributed by atoms with Crippen molar-refractivity contribution in [3.05, 3.63) is 64.8 Å². The molecule has 3 heterocycles. The lowest BCUT2D eigenvalue weighted by Crippen LogP contribution is -2.51. The third-order valence-electron chi connectivity index (χ3n) is 6.49. The van der Waals surface area contributed by atoms with E-state index in [0.717, 1.165) is 29.5 Å². The molecule has 8 nitrogen and oxygen atoms in total. The molecule has 2 aromatic carbocycles. The number of piperidine rings is 1. The van der Waals surface area contributed by atoms with Crippen LogP contribution < -0.4 is 14.8 Å². The second kappa shape index (κ2) is 9.21. The molecule has 1 N–H and O–H groups in total. The highest BCUT2D eigenvalue weighted by Crippen LogP contribution is 2.32. The van der Waals surface area contributed by atoms with Gasteiger partial charge >= 0.3 is 0 Å². The minimum Gasteiger partial charge on any atom is -0.454 e. The van der Waals surface area contributed by atoms with Crippen LogP contribution in [-0.2, 0) is 11.3 Å². The summed E-state index contributed by atoms with van der Waals surface area (Å²) in [5, 5.41) is 6.98. The molecule has 1 fully saturated rings. The Labute approximate surface area is 197 Å². The predicted octanol–water partition coefficient (Wildman–Crippen LogP) is 4.00. The standard InChI is InChI=1S/C26H27N3O5/c1-16-6-8-19(11-17(16)2)23-13-20(28-34-23)26(31)29-10-4-3-5-21(29)25(30)27-14-18-7-9-22-24(12-18)33-15-32-22/h6-9,11-13,21H,3-5,10,14-15H2,1-2H3,(H,27,30)/t21-/m1/s1. The van der Waals surface area contributed by atoms with Crippen LogP contribution in [0.5, 0.6) is 11.5 Å². The van der Waals surface area contributed by atoms with Gasteiger partial charge < -0.3 is 24.2 Å². The van der Waals surface area contributed by atoms with Crippen molar-refractivity contribution in [2.24, 2.45) is 0 Å². The number of amides is 2. The predicted molar refractivity (Wildman–Crippen MR) is 125 cm³/mol. The number of hydrogen-bond donors (Lipinski definition) is 1. The molecular formula is C26H27N3O5. The molecule has 1 atom stereocenters. The topological polar surface area (TPSA) is 93.9 Å². The van der Waals surface area contributed by atoms with Gasteiger partial charge in [-0.1, -0.05) is 23.4 Å². The van der Waals surface area contributed by atoms with Gasteiger partial charge in [-0.2, -0.15) is 0 Å². The number of likely N-dealkylation sites (tertiary alicyclic amines) is 1. The van der Waals surface area contributed by atoms with Crippen molar-refractivity contribution in [1.29, 1.82) is 0 Å². The van der Waals surface area contributed by atoms with Crippen LogP contribution in [0.25, 0.3) is 11.3 Å². The first-order valence-electron chi connectivity index (χ1n) is 11.5. The van der Waals surface area contributed by atoms with E-state index >= 15 is 0 Å². The van der Waals surface area contributed by atoms with Crippen LogP contribution >= 0.6 is 0 Å². The quantitative estimate of drug-likeness (QED) is 0.617. The zero-order valence-electron chi connectivity index (χ0n) is 19.3. The Morgan fingerprint density at radius 2 is 1.88 bits per heavy atom. The second-order valence-corrected chi connectivity index (χ2v) is 8.79. The minimum atomic E-state index is -0.544. The third-order valence-corrected chi connectivity index (χ3v) is 6.49. The molecule has 176 valence electrons. The molecule has 34 heavy (non-hydrogen) atoms. The highest BCUT2D eigenvalue weighted by atomic mass is 16.7. The van der Waals surface area contributed by atoms with Crippen molar-refractivity contribution in [2.45, 2.75) is 45.7 Å². The first kappa shape index (κ1) is 22.0. The second-order valence-electron chi connectivity index (χ2n) is 8.79. The molecule has 0 unspecified atom stereocenters. The van der Waals surface area contributed by atoms with Crippen LogP contribution in [0.2, 0.25) is 0 Å². The SMILES string of the molecule is Cc1ccc(-c2cc(C(=O)N3CCCC[C@@H]3C(=O)NCc3ccc4c(c3)OCO4)no2)cc1C. The van der Waals surface area contributed by atoms with E-state index in [4.69, 9.17) is 14.0 Å². The molecule has 2 aliphatic heterocycles. The Morgan fingerprint density at radius 3 is 2.74 bits per heavy atom. The Kier molecular flexibility index (Phi) is 5.96. The number of rotatable bonds is 5. The maximum atomic E-state index is 13.3. The van der Waals surface area contributed by atoms with E-state index in [9.17, 15) is 9.59 Å². The molecule has 0 saturated carbocycles. The number of nitrogens with one attached hydrogen (secondary N) is 1. The maximum absolute atomic E-state index is 13.3. The summed E-state index contributed by atoms with van der Waals surface area (Å²) in [6.07, 6.45) is 2.35. The summed E-state index contributed by atoms with van der Waals surface area (Å²) < 4.78 is 16.2. The third kappa shape index (κ3) is 4.35. The van der Waals surface area contributed by atoms with Crippen LogP contribution in [0.3, 0.4) is 0 Å². The lowest BCUT2D eigenvalue weighted by molar-refractivity contribution is -0.126. The van der Waals surface area contributed by atoms with Crippen LogP contribution in [-0.4, -0.2) is 41.3 Å². The first-order chi connectivity index (χ1) is 16.5. The molecular weight excluding hydrogens is 434 g/mol. The average molecular weight is 462 g/mol. The molecule has 1 aromatic heterocycles. The Bertz CT molecular complexity index is 1230. The summed E-state index contributed by atoms with van der Waals surface area (Å²) in [6, 6.07) is 12.7. The lowest BCUT2D eigenvalue weighted by atomic mass is 10.0. The van der Waals surface area contributed by atoms with Gasteiger partial charge in [0.25, 0.3) is 5.91 Å². The highest BCUT2D eigenvalue weighted by Gasteiger charge is 2.34. The van der Waals surface area contributed by atoms with Crippen LogP contribution in [0, 0.1) is 13.8 Å². The fourth-order valence-electron chi connectivity index (χ4n) is 4.36. The van der Waals surface area contributed by atoms with Crippen molar-refractivity contribution < 1.29 is 23.6 Å². The fraction of sp³-hybridized carbons (Fsp3) is 0.346. The summed E-state index contributed by atoms with van der Waals surface area (Å²) in [5.41, 5.74) is 4.30. The van der Waals surface area contributed by atoms with Gasteiger partial charge in [-0.3, -0.25) is 9.59 Å². The molecule has 0 bridgehead atoms. The van der Waals surface area contributed by atoms with Crippen LogP contribution in [0.15, 0.2) is 47.0 Å². The van der Waals surface area contributed by atoms with Crippen molar-refractivity contribution in [1.82, 2.24) is 15.4 Å². The number of ether oxygens (including phenoxy) is 2. The van der Waals surface area contributed by atoms with Crippen molar-refractivity contribution in [3.8, 4) is 22.8 Å². The molecule has 1 saturated heterocycles. The molecule has 2 amide bonds. The number of carbonyl (C=O) groups is 2. The number of fused-ring (bicyclic) bond motifs is 1. The van der Waals surface area contributed by atoms with E-state index < -0.39 is 6.04 Å². The molecule has 3 aromatic rings. The van der Waals surface area contributed by atoms with E-state index in [0.29, 0.717) is 36.8 Å². The van der Waals surface area contributed by atoms with E-state index in [1.165, 1.54) is 5.56 Å². The smallest absolute Gasteiger partial charge is 0.276 e. The van der Waals surface area contributed by atoms with E-state index in [1.54, 1.807) is 11.0 Å². The molecule has 0 radical (unpaired) electrons. The average Bonchev–Trinajstić information content (AvgIpc) is 3.53. The van der Waals surface area contributed by atoms with Crippen molar-refractivity contribution >= 4 is 11.8 Å². The number of aryl methyl sites for hydroxylation is 2. The number of hydrogen-bond acceptors (Lipinski definition) is 6. The largest absolute Gasteiger partial charge is 0.454 e. The van der Waals surface area contributed by atoms with Gasteiger partial charge in [-0.05, 0) is 68.0 Å². The summed E-state index contributed by atoms with van der Waals surface area (Å²) in [6.45, 7) is 5.13. The van der Waals surface area contributed by atoms with Gasteiger partial charge in [0, 0.05) is 24.7 Å². The molecule has 5 rings (SSSR count). The van der Waals surface area contributed by atoms with Crippen LogP contribution in [0.1, 0.15) is 46.4 Å². The monoisotopic (exact) mass is 461 g/mol. The molecule has 8 heteroatoms. The van der Waals surface area contributed by atoms with E-state index in [2.05, 4.69) is 10.5 Å². The molecule has 0 aliphatic carbocycles. The summed E-state index contributed by atoms with van der Waals surface area (Å²) in [7, 11) is 0. The maximum Gasteiger partial charge on any atom is 0.276 e. The zero-order valence-corrected chi connectivity index (χ0v) is 19.3. The first-order valence-corrected chi connectivity index (χ1v) is 11.5. The Hall–Kier alpha value is -3.81. The van der Waals surface area contributed by atoms with Crippen molar-refractivity contribution in [3.63, 3.8) is 0 Å². The Morgan fingerprint density at radius 1 is 1.03 bits per heavy atom. The van der Waals surface area contributed by atoms with Gasteiger partial charge in [0.15, 0.2) is 23.0 Å². The number of nitrogens with zero attached hydrogens (tertiary/aromatic N) is 2. The molecule has 0 spiro atoms. The van der Waals surface area contributed by atoms with Gasteiger partial charge in [-0.15, -0.1) is 0 Å². The van der Waals surface area contributed by atoms with Crippen LogP contribution in [0.4, 0.5) is 0 Å². The summed E-state index contributed by atoms with van der Waals surface area (Å²) >= 11 is 0. The highest BCUT2D eigenvalue weighted by molar-refractivity contribution is 5.96. The number of benzene rings is 2. The van der Waals surface area contributed by atoms with Gasteiger partial charge in [0.05, 0.1) is 0 Å². The normalized spacial score (nSPS) is 17.0. The van der Waals surface area contributed by atoms with Gasteiger partial charge in [0.2, 0.25) is 12.7 Å². The van der Waals surface area contributed by atoms with Gasteiger partial charge in [-0.25, -0.2) is 0 Å². The lowest BCUT2D eigenvalue weighted by Gasteiger charge is -2.34. The fourth-order valence-corrected chi connectivity index (χ4v) is 4.36. The minimum absolute atomic E-state index is 0.177. The van der Waals surface area contributed by atoms with Crippen molar-refractivity contribution in [2.75, 3.05) is 13.3 Å².